The molecular weight excluding hydrogens is 523 g/mol. The van der Waals surface area contributed by atoms with E-state index in [1.54, 1.807) is 0 Å². The number of fused-ring (bicyclic) bond motifs is 2. The van der Waals surface area contributed by atoms with Gasteiger partial charge in [0, 0.05) is 31.1 Å². The Bertz CT molecular complexity index is 1170. The molecule has 13 heteroatoms. The van der Waals surface area contributed by atoms with Gasteiger partial charge in [-0.2, -0.15) is 13.2 Å². The molecule has 0 amide bonds. The number of carbonyl (C=O) groups excluding carboxylic acids is 1. The summed E-state index contributed by atoms with van der Waals surface area (Å²) in [5.41, 5.74) is 4.80. The van der Waals surface area contributed by atoms with Crippen LogP contribution in [0.2, 0.25) is 0 Å². The molecule has 2 fully saturated rings. The van der Waals surface area contributed by atoms with E-state index in [9.17, 15) is 23.5 Å². The van der Waals surface area contributed by atoms with Gasteiger partial charge in [0.25, 0.3) is 5.60 Å². The molecule has 0 unspecified atom stereocenters. The van der Waals surface area contributed by atoms with E-state index in [0.29, 0.717) is 0 Å². The minimum Gasteiger partial charge on any atom is -0.459 e. The van der Waals surface area contributed by atoms with Gasteiger partial charge in [0.15, 0.2) is 6.29 Å². The molecule has 0 aromatic heterocycles. The number of rotatable bonds is 10. The van der Waals surface area contributed by atoms with Crippen molar-refractivity contribution in [3.63, 3.8) is 0 Å². The van der Waals surface area contributed by atoms with Crippen LogP contribution in [0.1, 0.15) is 17.5 Å². The Labute approximate surface area is 222 Å². The first-order valence-corrected chi connectivity index (χ1v) is 12.1. The van der Waals surface area contributed by atoms with Crippen molar-refractivity contribution in [3.05, 3.63) is 82.2 Å². The zero-order chi connectivity index (χ0) is 28.1. The summed E-state index contributed by atoms with van der Waals surface area (Å²) in [6, 6.07) is 14.5. The molecule has 0 radical (unpaired) electrons. The van der Waals surface area contributed by atoms with E-state index in [4.69, 9.17) is 28.4 Å². The molecule has 2 saturated heterocycles. The van der Waals surface area contributed by atoms with Gasteiger partial charge in [-0.1, -0.05) is 65.8 Å². The molecule has 0 aliphatic carbocycles. The van der Waals surface area contributed by atoms with Crippen LogP contribution >= 0.6 is 0 Å². The van der Waals surface area contributed by atoms with Crippen LogP contribution in [-0.4, -0.2) is 69.7 Å². The second kappa shape index (κ2) is 11.9. The lowest BCUT2D eigenvalue weighted by Gasteiger charge is -2.53. The molecule has 2 bridgehead atoms. The molecule has 39 heavy (non-hydrogen) atoms. The van der Waals surface area contributed by atoms with E-state index in [1.165, 1.54) is 25.3 Å². The minimum absolute atomic E-state index is 0.110. The predicted molar refractivity (Wildman–Crippen MR) is 129 cm³/mol. The lowest BCUT2D eigenvalue weighted by molar-refractivity contribution is -0.351. The maximum atomic E-state index is 14.5. The van der Waals surface area contributed by atoms with Crippen molar-refractivity contribution in [1.29, 1.82) is 0 Å². The van der Waals surface area contributed by atoms with E-state index >= 15 is 0 Å². The number of methoxy groups -OCH3 is 2. The van der Waals surface area contributed by atoms with Gasteiger partial charge in [-0.05, 0) is 11.1 Å². The fraction of sp³-hybridized carbons (Fsp3) is 0.500. The van der Waals surface area contributed by atoms with Crippen molar-refractivity contribution in [2.24, 2.45) is 5.11 Å². The van der Waals surface area contributed by atoms with E-state index in [2.05, 4.69) is 10.0 Å². The fourth-order valence-corrected chi connectivity index (χ4v) is 5.03. The van der Waals surface area contributed by atoms with Crippen molar-refractivity contribution in [2.45, 2.75) is 54.9 Å². The minimum atomic E-state index is -5.18. The molecule has 6 atom stereocenters. The summed E-state index contributed by atoms with van der Waals surface area (Å²) in [6.07, 6.45) is -8.70. The van der Waals surface area contributed by atoms with Crippen molar-refractivity contribution in [2.75, 3.05) is 27.4 Å². The number of carbonyl (C=O) groups is 1. The first kappa shape index (κ1) is 28.8. The van der Waals surface area contributed by atoms with Crippen molar-refractivity contribution in [1.82, 2.24) is 0 Å². The average Bonchev–Trinajstić information content (AvgIpc) is 2.92. The van der Waals surface area contributed by atoms with Crippen LogP contribution in [0.5, 0.6) is 0 Å². The van der Waals surface area contributed by atoms with Gasteiger partial charge in [0.1, 0.15) is 17.7 Å². The number of nitrogens with zero attached hydrogens (tertiary/aromatic N) is 3. The zero-order valence-corrected chi connectivity index (χ0v) is 21.2. The Morgan fingerprint density at radius 1 is 1.13 bits per heavy atom. The molecule has 10 nitrogen and oxygen atoms in total. The van der Waals surface area contributed by atoms with Crippen molar-refractivity contribution in [3.8, 4) is 0 Å². The molecule has 0 N–H and O–H groups in total. The van der Waals surface area contributed by atoms with Gasteiger partial charge in [0.2, 0.25) is 0 Å². The number of azide groups is 1. The Kier molecular flexibility index (Phi) is 8.80. The highest BCUT2D eigenvalue weighted by atomic mass is 19.4. The van der Waals surface area contributed by atoms with Crippen molar-refractivity contribution >= 4 is 5.97 Å². The summed E-state index contributed by atoms with van der Waals surface area (Å²) < 4.78 is 77.1. The number of esters is 1. The molecule has 2 aliphatic rings. The van der Waals surface area contributed by atoms with Gasteiger partial charge >= 0.3 is 12.1 Å². The quantitative estimate of drug-likeness (QED) is 0.185. The van der Waals surface area contributed by atoms with Gasteiger partial charge in [0.05, 0.1) is 25.9 Å². The molecule has 2 heterocycles. The molecule has 0 spiro atoms. The van der Waals surface area contributed by atoms with Crippen LogP contribution in [-0.2, 0) is 45.4 Å². The molecule has 2 aromatic carbocycles. The molecule has 0 saturated carbocycles. The van der Waals surface area contributed by atoms with Crippen LogP contribution in [0.3, 0.4) is 0 Å². The third-order valence-electron chi connectivity index (χ3n) is 6.82. The highest BCUT2D eigenvalue weighted by Crippen LogP contribution is 2.45. The van der Waals surface area contributed by atoms with Gasteiger partial charge in [-0.25, -0.2) is 4.79 Å². The Hall–Kier alpha value is -3.19. The highest BCUT2D eigenvalue weighted by molar-refractivity contribution is 5.83. The Morgan fingerprint density at radius 3 is 2.38 bits per heavy atom. The number of hydrogen-bond acceptors (Lipinski definition) is 8. The molecular formula is C26H28F3N3O7. The second-order valence-electron chi connectivity index (χ2n) is 9.19. The van der Waals surface area contributed by atoms with Gasteiger partial charge in [-0.15, -0.1) is 0 Å². The number of halogens is 3. The van der Waals surface area contributed by atoms with Gasteiger partial charge < -0.3 is 28.4 Å². The first-order chi connectivity index (χ1) is 18.7. The molecule has 210 valence electrons. The predicted octanol–water partition coefficient (Wildman–Crippen LogP) is 4.43. The van der Waals surface area contributed by atoms with Crippen LogP contribution in [0.15, 0.2) is 65.8 Å². The molecule has 2 aromatic rings. The van der Waals surface area contributed by atoms with Crippen LogP contribution in [0.4, 0.5) is 13.2 Å². The lowest BCUT2D eigenvalue weighted by Crippen LogP contribution is -2.67. The maximum absolute atomic E-state index is 14.5. The van der Waals surface area contributed by atoms with Crippen molar-refractivity contribution < 1.29 is 46.4 Å². The van der Waals surface area contributed by atoms with Crippen LogP contribution in [0, 0.1) is 0 Å². The summed E-state index contributed by atoms with van der Waals surface area (Å²) >= 11 is 0. The third kappa shape index (κ3) is 5.60. The Balaban J connectivity index is 1.65. The molecule has 4 rings (SSSR count). The topological polar surface area (TPSA) is 121 Å². The summed E-state index contributed by atoms with van der Waals surface area (Å²) in [7, 11) is 2.15. The number of benzene rings is 2. The summed E-state index contributed by atoms with van der Waals surface area (Å²) in [6.45, 7) is -0.0302. The highest BCUT2D eigenvalue weighted by Gasteiger charge is 2.65. The fourth-order valence-electron chi connectivity index (χ4n) is 5.03. The third-order valence-corrected chi connectivity index (χ3v) is 6.82. The summed E-state index contributed by atoms with van der Waals surface area (Å²) in [4.78, 5) is 16.2. The number of alkyl halides is 3. The largest absolute Gasteiger partial charge is 0.459 e. The lowest BCUT2D eigenvalue weighted by atomic mass is 9.84. The Morgan fingerprint density at radius 2 is 1.79 bits per heavy atom. The standard InChI is InChI=1S/C26H28F3N3O7/c1-34-23-24(16-36-14-17-9-5-3-6-10-17)13-19(21(31-32-30)20(39-24)15-37-23)38-22(33)25(35-2,26(27,28)29)18-11-7-4-8-12-18/h3-12,19-21,23H,13-16H2,1-2H3/t19-,20+,21-,23+,24-,25+/m0/s1. The SMILES string of the molecule is CO[C@@H]1OC[C@H]2O[C@]1(COCc1ccccc1)C[C@H](OC(=O)[C@](OC)(c1ccccc1)C(F)(F)F)[C@@H]2N=[N+]=[N-]. The van der Waals surface area contributed by atoms with E-state index in [1.807, 2.05) is 30.3 Å². The van der Waals surface area contributed by atoms with Crippen LogP contribution in [0.25, 0.3) is 10.4 Å². The second-order valence-corrected chi connectivity index (χ2v) is 9.19. The van der Waals surface area contributed by atoms with E-state index in [0.717, 1.165) is 24.8 Å². The van der Waals surface area contributed by atoms with E-state index < -0.39 is 53.5 Å². The maximum Gasteiger partial charge on any atom is 0.432 e. The smallest absolute Gasteiger partial charge is 0.432 e. The summed E-state index contributed by atoms with van der Waals surface area (Å²) in [5.74, 6) is -1.71. The molecule has 2 aliphatic heterocycles. The van der Waals surface area contributed by atoms with Crippen LogP contribution < -0.4 is 0 Å². The first-order valence-electron chi connectivity index (χ1n) is 12.1. The zero-order valence-electron chi connectivity index (χ0n) is 21.2. The number of hydrogen-bond donors (Lipinski definition) is 0. The van der Waals surface area contributed by atoms with Gasteiger partial charge in [-0.3, -0.25) is 0 Å². The summed E-state index contributed by atoms with van der Waals surface area (Å²) in [5, 5.41) is 3.69. The van der Waals surface area contributed by atoms with E-state index in [-0.39, 0.29) is 26.2 Å². The number of ether oxygens (including phenoxy) is 6. The average molecular weight is 552 g/mol. The monoisotopic (exact) mass is 551 g/mol. The normalized spacial score (nSPS) is 28.1.